The van der Waals surface area contributed by atoms with Crippen molar-refractivity contribution in [3.05, 3.63) is 103 Å². The summed E-state index contributed by atoms with van der Waals surface area (Å²) in [6.45, 7) is 2.29. The second-order valence-corrected chi connectivity index (χ2v) is 11.8. The molecule has 0 spiro atoms. The van der Waals surface area contributed by atoms with Crippen molar-refractivity contribution in [3.63, 3.8) is 0 Å². The molecule has 2 aromatic heterocycles. The van der Waals surface area contributed by atoms with Crippen molar-refractivity contribution in [1.82, 2.24) is 9.55 Å². The van der Waals surface area contributed by atoms with E-state index in [4.69, 9.17) is 9.72 Å². The number of benzene rings is 2. The Balaban J connectivity index is 1.49. The maximum absolute atomic E-state index is 15.2. The van der Waals surface area contributed by atoms with E-state index in [2.05, 4.69) is 10.6 Å². The third-order valence-electron chi connectivity index (χ3n) is 9.43. The Morgan fingerprint density at radius 3 is 2.46 bits per heavy atom. The first-order valence-corrected chi connectivity index (χ1v) is 14.8. The van der Waals surface area contributed by atoms with Crippen molar-refractivity contribution >= 4 is 28.2 Å². The van der Waals surface area contributed by atoms with Crippen LogP contribution in [-0.2, 0) is 34.7 Å². The normalized spacial score (nSPS) is 19.4. The second-order valence-electron chi connectivity index (χ2n) is 11.8. The molecule has 0 radical (unpaired) electrons. The number of pyridine rings is 2. The lowest BCUT2D eigenvalue weighted by atomic mass is 9.81. The fourth-order valence-electron chi connectivity index (χ4n) is 7.02. The van der Waals surface area contributed by atoms with E-state index in [-0.39, 0.29) is 49.2 Å². The highest BCUT2D eigenvalue weighted by molar-refractivity contribution is 5.94. The van der Waals surface area contributed by atoms with Gasteiger partial charge in [0.15, 0.2) is 5.60 Å². The van der Waals surface area contributed by atoms with Crippen LogP contribution in [0.1, 0.15) is 59.2 Å². The molecule has 236 valence electrons. The van der Waals surface area contributed by atoms with Crippen LogP contribution in [0.15, 0.2) is 36.1 Å². The van der Waals surface area contributed by atoms with Crippen molar-refractivity contribution < 1.29 is 24.1 Å². The van der Waals surface area contributed by atoms with Gasteiger partial charge in [-0.2, -0.15) is 0 Å². The smallest absolute Gasteiger partial charge is 0.343 e. The Morgan fingerprint density at radius 2 is 1.76 bits per heavy atom. The van der Waals surface area contributed by atoms with Gasteiger partial charge in [0, 0.05) is 29.1 Å². The molecule has 4 N–H and O–H groups in total. The van der Waals surface area contributed by atoms with E-state index in [0.717, 1.165) is 0 Å². The number of halogens is 1. The lowest BCUT2D eigenvalue weighted by Gasteiger charge is -2.31. The molecule has 4 heterocycles. The summed E-state index contributed by atoms with van der Waals surface area (Å²) >= 11 is 0. The summed E-state index contributed by atoms with van der Waals surface area (Å²) in [4.78, 5) is 81.8. The van der Waals surface area contributed by atoms with E-state index in [1.54, 1.807) is 13.8 Å². The average Bonchev–Trinajstić information content (AvgIpc) is 3.42. The third kappa shape index (κ3) is 3.89. The molecule has 0 saturated heterocycles. The minimum Gasteiger partial charge on any atom is -0.458 e. The number of esters is 1. The average molecular weight is 631 g/mol. The molecular weight excluding hydrogens is 603 g/mol. The standard InChI is InChI=1S/C32H27FN4O9/c1-3-32(45)16-8-20-23-14(10-37(20)30(43)15(16)11-46-31(32)44)22-18(5-4-13-12(2)17(33)9-19(36-23)21(13)22)35-25-24(34-6-7-38)26(39)28(41)29(42)27(25)40/h8-9,18,34-35,38,45H,3-7,10-11H2,1-2H3/t18-,32-/m0/s1. The van der Waals surface area contributed by atoms with Crippen molar-refractivity contribution in [3.8, 4) is 11.4 Å². The van der Waals surface area contributed by atoms with Crippen LogP contribution < -0.4 is 37.9 Å². The number of nitrogens with one attached hydrogen (secondary N) is 2. The molecule has 0 saturated carbocycles. The van der Waals surface area contributed by atoms with Crippen LogP contribution >= 0.6 is 0 Å². The van der Waals surface area contributed by atoms with Crippen LogP contribution in [-0.4, -0.2) is 38.9 Å². The minimum absolute atomic E-state index is 0.000554. The summed E-state index contributed by atoms with van der Waals surface area (Å²) in [5, 5.41) is 26.7. The number of hydrogen-bond acceptors (Lipinski definition) is 12. The van der Waals surface area contributed by atoms with Gasteiger partial charge in [0.05, 0.1) is 41.7 Å². The van der Waals surface area contributed by atoms with E-state index in [1.165, 1.54) is 16.7 Å². The predicted octanol–water partition coefficient (Wildman–Crippen LogP) is 0.347. The number of aliphatic hydroxyl groups is 2. The molecule has 13 nitrogen and oxygen atoms in total. The van der Waals surface area contributed by atoms with E-state index in [0.29, 0.717) is 45.4 Å². The van der Waals surface area contributed by atoms with Gasteiger partial charge < -0.3 is 30.2 Å². The lowest BCUT2D eigenvalue weighted by Crippen LogP contribution is -2.49. The molecule has 3 aliphatic rings. The molecule has 0 amide bonds. The number of aromatic nitrogens is 2. The molecule has 2 aromatic carbocycles. The number of fused-ring (bicyclic) bond motifs is 5. The number of aliphatic hydroxyl groups excluding tert-OH is 1. The summed E-state index contributed by atoms with van der Waals surface area (Å²) in [5.74, 6) is -1.37. The van der Waals surface area contributed by atoms with Gasteiger partial charge >= 0.3 is 5.97 Å². The maximum Gasteiger partial charge on any atom is 0.343 e. The third-order valence-corrected chi connectivity index (χ3v) is 9.43. The number of ether oxygens (including phenoxy) is 1. The van der Waals surface area contributed by atoms with Gasteiger partial charge in [-0.15, -0.1) is 0 Å². The van der Waals surface area contributed by atoms with Gasteiger partial charge in [0.2, 0.25) is 0 Å². The number of anilines is 2. The molecule has 14 heteroatoms. The second kappa shape index (κ2) is 10.2. The van der Waals surface area contributed by atoms with Gasteiger partial charge in [0.25, 0.3) is 27.3 Å². The summed E-state index contributed by atoms with van der Waals surface area (Å²) in [6.07, 6.45) is 0.542. The number of carbonyl (C=O) groups is 1. The lowest BCUT2D eigenvalue weighted by molar-refractivity contribution is -0.172. The van der Waals surface area contributed by atoms with Crippen LogP contribution in [0.2, 0.25) is 0 Å². The highest BCUT2D eigenvalue weighted by atomic mass is 19.1. The maximum atomic E-state index is 15.2. The molecule has 7 rings (SSSR count). The van der Waals surface area contributed by atoms with Crippen LogP contribution in [0.4, 0.5) is 15.8 Å². The molecule has 0 bridgehead atoms. The Bertz CT molecular complexity index is 2330. The molecule has 2 atom stereocenters. The van der Waals surface area contributed by atoms with Crippen molar-refractivity contribution in [2.75, 3.05) is 23.8 Å². The van der Waals surface area contributed by atoms with Crippen molar-refractivity contribution in [2.45, 2.75) is 57.9 Å². The molecular formula is C32H27FN4O9. The monoisotopic (exact) mass is 630 g/mol. The van der Waals surface area contributed by atoms with E-state index >= 15 is 4.39 Å². The highest BCUT2D eigenvalue weighted by Crippen LogP contribution is 2.46. The number of carbonyl (C=O) groups excluding carboxylic acids is 1. The summed E-state index contributed by atoms with van der Waals surface area (Å²) in [7, 11) is 0. The molecule has 1 aliphatic carbocycles. The van der Waals surface area contributed by atoms with Crippen molar-refractivity contribution in [2.24, 2.45) is 0 Å². The first kappa shape index (κ1) is 29.6. The fourth-order valence-corrected chi connectivity index (χ4v) is 7.02. The van der Waals surface area contributed by atoms with Crippen LogP contribution in [0.5, 0.6) is 0 Å². The molecule has 46 heavy (non-hydrogen) atoms. The molecule has 0 unspecified atom stereocenters. The number of cyclic esters (lactones) is 1. The number of rotatable bonds is 6. The van der Waals surface area contributed by atoms with E-state index in [1.807, 2.05) is 0 Å². The first-order chi connectivity index (χ1) is 21.9. The van der Waals surface area contributed by atoms with Crippen molar-refractivity contribution in [1.29, 1.82) is 0 Å². The topological polar surface area (TPSA) is 194 Å². The number of aryl methyl sites for hydroxylation is 1. The van der Waals surface area contributed by atoms with Crippen LogP contribution in [0, 0.1) is 12.7 Å². The van der Waals surface area contributed by atoms with Crippen LogP contribution in [0.3, 0.4) is 0 Å². The largest absolute Gasteiger partial charge is 0.458 e. The van der Waals surface area contributed by atoms with Gasteiger partial charge in [-0.3, -0.25) is 24.0 Å². The Hall–Kier alpha value is -5.08. The first-order valence-electron chi connectivity index (χ1n) is 14.8. The number of nitrogens with zero attached hydrogens (tertiary/aromatic N) is 2. The van der Waals surface area contributed by atoms with Gasteiger partial charge in [-0.1, -0.05) is 6.92 Å². The SMILES string of the molecule is CC[C@@]1(O)C(=O)OCc2c1cc1n(c2=O)Cc2c-1nc1cc(F)c(C)c3c1c2[C@@H](Nc1c(NCCO)c(=O)c(=O)c(=O)c1=O)CC3. The molecule has 0 fully saturated rings. The zero-order chi connectivity index (χ0) is 32.8. The summed E-state index contributed by atoms with van der Waals surface area (Å²) in [5.41, 5.74) is -5.60. The minimum atomic E-state index is -2.06. The molecule has 4 aromatic rings. The summed E-state index contributed by atoms with van der Waals surface area (Å²) in [6, 6.07) is 2.03. The fraction of sp³-hybridized carbons (Fsp3) is 0.344. The number of hydrogen-bond donors (Lipinski definition) is 4. The predicted molar refractivity (Wildman–Crippen MR) is 163 cm³/mol. The highest BCUT2D eigenvalue weighted by Gasteiger charge is 2.46. The van der Waals surface area contributed by atoms with E-state index < -0.39 is 68.7 Å². The van der Waals surface area contributed by atoms with E-state index in [9.17, 15) is 39.0 Å². The van der Waals surface area contributed by atoms with Crippen LogP contribution in [0.25, 0.3) is 22.3 Å². The Kier molecular flexibility index (Phi) is 6.58. The Morgan fingerprint density at radius 1 is 1.04 bits per heavy atom. The van der Waals surface area contributed by atoms with Gasteiger partial charge in [-0.25, -0.2) is 14.2 Å². The Labute approximate surface area is 257 Å². The van der Waals surface area contributed by atoms with Gasteiger partial charge in [0.1, 0.15) is 23.8 Å². The van der Waals surface area contributed by atoms with Gasteiger partial charge in [-0.05, 0) is 48.9 Å². The zero-order valence-electron chi connectivity index (χ0n) is 24.7. The quantitative estimate of drug-likeness (QED) is 0.149. The molecule has 2 aliphatic heterocycles. The summed E-state index contributed by atoms with van der Waals surface area (Å²) < 4.78 is 21.8. The zero-order valence-corrected chi connectivity index (χ0v) is 24.7.